The van der Waals surface area contributed by atoms with E-state index >= 15 is 0 Å². The van der Waals surface area contributed by atoms with Crippen LogP contribution in [0, 0.1) is 0 Å². The molecule has 0 saturated carbocycles. The Morgan fingerprint density at radius 1 is 1.36 bits per heavy atom. The van der Waals surface area contributed by atoms with Gasteiger partial charge >= 0.3 is 0 Å². The van der Waals surface area contributed by atoms with Crippen molar-refractivity contribution in [3.05, 3.63) is 52.7 Å². The highest BCUT2D eigenvalue weighted by Gasteiger charge is 2.08. The second kappa shape index (κ2) is 7.26. The molecule has 2 aromatic rings. The van der Waals surface area contributed by atoms with Gasteiger partial charge in [-0.1, -0.05) is 19.9 Å². The average Bonchev–Trinajstić information content (AvgIpc) is 2.49. The van der Waals surface area contributed by atoms with E-state index in [0.717, 1.165) is 16.3 Å². The van der Waals surface area contributed by atoms with E-state index in [0.29, 0.717) is 0 Å². The van der Waals surface area contributed by atoms with Gasteiger partial charge in [-0.05, 0) is 30.4 Å². The molecule has 1 amide bonds. The number of nitrogens with one attached hydrogen (secondary N) is 1. The van der Waals surface area contributed by atoms with E-state index in [1.165, 1.54) is 17.0 Å². The molecule has 1 heterocycles. The highest BCUT2D eigenvalue weighted by molar-refractivity contribution is 7.98. The minimum Gasteiger partial charge on any atom is -0.324 e. The Kier molecular flexibility index (Phi) is 5.38. The fraction of sp³-hybridized carbons (Fsp3) is 0.312. The number of hydrogen-bond acceptors (Lipinski definition) is 4. The molecule has 6 heteroatoms. The Balaban J connectivity index is 2.07. The van der Waals surface area contributed by atoms with Gasteiger partial charge in [0.05, 0.1) is 12.0 Å². The molecule has 1 aromatic carbocycles. The van der Waals surface area contributed by atoms with Crippen molar-refractivity contribution >= 4 is 23.4 Å². The van der Waals surface area contributed by atoms with Gasteiger partial charge in [0.15, 0.2) is 0 Å². The molecule has 1 N–H and O–H groups in total. The number of thioether (sulfide) groups is 1. The van der Waals surface area contributed by atoms with Crippen molar-refractivity contribution in [1.29, 1.82) is 0 Å². The average molecular weight is 317 g/mol. The molecular formula is C16H19N3O2S. The van der Waals surface area contributed by atoms with Crippen LogP contribution in [0.1, 0.15) is 25.5 Å². The standard InChI is InChI=1S/C16H19N3O2S/c1-11(2)14-8-16(21)19(10-17-14)9-15(20)18-12-5-4-6-13(7-12)22-3/h4-8,10-11H,9H2,1-3H3,(H,18,20). The molecule has 5 nitrogen and oxygen atoms in total. The number of anilines is 1. The first-order valence-electron chi connectivity index (χ1n) is 7.00. The van der Waals surface area contributed by atoms with Gasteiger partial charge in [-0.2, -0.15) is 0 Å². The molecule has 22 heavy (non-hydrogen) atoms. The van der Waals surface area contributed by atoms with Crippen LogP contribution in [0.4, 0.5) is 5.69 Å². The van der Waals surface area contributed by atoms with Crippen molar-refractivity contribution in [1.82, 2.24) is 9.55 Å². The Morgan fingerprint density at radius 3 is 2.77 bits per heavy atom. The molecule has 116 valence electrons. The van der Waals surface area contributed by atoms with E-state index in [4.69, 9.17) is 0 Å². The highest BCUT2D eigenvalue weighted by Crippen LogP contribution is 2.18. The quantitative estimate of drug-likeness (QED) is 0.861. The van der Waals surface area contributed by atoms with Gasteiger partial charge in [0.2, 0.25) is 5.91 Å². The zero-order chi connectivity index (χ0) is 16.1. The van der Waals surface area contributed by atoms with Gasteiger partial charge in [-0.3, -0.25) is 14.2 Å². The van der Waals surface area contributed by atoms with Crippen molar-refractivity contribution in [3.63, 3.8) is 0 Å². The first-order valence-corrected chi connectivity index (χ1v) is 8.22. The van der Waals surface area contributed by atoms with Crippen molar-refractivity contribution in [3.8, 4) is 0 Å². The molecule has 0 aliphatic heterocycles. The lowest BCUT2D eigenvalue weighted by molar-refractivity contribution is -0.116. The van der Waals surface area contributed by atoms with E-state index < -0.39 is 0 Å². The largest absolute Gasteiger partial charge is 0.324 e. The molecule has 0 radical (unpaired) electrons. The number of carbonyl (C=O) groups is 1. The van der Waals surface area contributed by atoms with Crippen LogP contribution in [0.5, 0.6) is 0 Å². The summed E-state index contributed by atoms with van der Waals surface area (Å²) in [6.45, 7) is 3.89. The van der Waals surface area contributed by atoms with Crippen LogP contribution >= 0.6 is 11.8 Å². The minimum atomic E-state index is -0.251. The topological polar surface area (TPSA) is 64.0 Å². The van der Waals surface area contributed by atoms with Crippen LogP contribution in [-0.2, 0) is 11.3 Å². The number of benzene rings is 1. The van der Waals surface area contributed by atoms with E-state index in [2.05, 4.69) is 10.3 Å². The molecule has 1 aromatic heterocycles. The molecule has 0 saturated heterocycles. The predicted octanol–water partition coefficient (Wildman–Crippen LogP) is 2.73. The van der Waals surface area contributed by atoms with Gasteiger partial charge in [-0.15, -0.1) is 11.8 Å². The van der Waals surface area contributed by atoms with Gasteiger partial charge in [0.1, 0.15) is 6.54 Å². The van der Waals surface area contributed by atoms with Crippen molar-refractivity contribution in [2.45, 2.75) is 31.2 Å². The lowest BCUT2D eigenvalue weighted by atomic mass is 10.1. The van der Waals surface area contributed by atoms with E-state index in [-0.39, 0.29) is 23.9 Å². The lowest BCUT2D eigenvalue weighted by Gasteiger charge is -2.09. The fourth-order valence-corrected chi connectivity index (χ4v) is 2.39. The van der Waals surface area contributed by atoms with E-state index in [9.17, 15) is 9.59 Å². The smallest absolute Gasteiger partial charge is 0.254 e. The molecule has 0 atom stereocenters. The Morgan fingerprint density at radius 2 is 2.14 bits per heavy atom. The molecular weight excluding hydrogens is 298 g/mol. The maximum Gasteiger partial charge on any atom is 0.254 e. The summed E-state index contributed by atoms with van der Waals surface area (Å²) in [5, 5.41) is 2.79. The summed E-state index contributed by atoms with van der Waals surface area (Å²) < 4.78 is 1.31. The Bertz CT molecular complexity index is 725. The minimum absolute atomic E-state index is 0.0479. The zero-order valence-corrected chi connectivity index (χ0v) is 13.7. The normalized spacial score (nSPS) is 10.7. The summed E-state index contributed by atoms with van der Waals surface area (Å²) in [4.78, 5) is 29.3. The summed E-state index contributed by atoms with van der Waals surface area (Å²) in [6.07, 6.45) is 3.40. The summed E-state index contributed by atoms with van der Waals surface area (Å²) in [5.74, 6) is -0.0649. The molecule has 2 rings (SSSR count). The Labute approximate surface area is 133 Å². The number of aromatic nitrogens is 2. The molecule has 0 fully saturated rings. The maximum absolute atomic E-state index is 12.0. The predicted molar refractivity (Wildman–Crippen MR) is 89.4 cm³/mol. The number of amides is 1. The Hall–Kier alpha value is -2.08. The lowest BCUT2D eigenvalue weighted by Crippen LogP contribution is -2.28. The number of nitrogens with zero attached hydrogens (tertiary/aromatic N) is 2. The molecule has 0 aliphatic rings. The van der Waals surface area contributed by atoms with Crippen molar-refractivity contribution < 1.29 is 4.79 Å². The first-order chi connectivity index (χ1) is 10.5. The van der Waals surface area contributed by atoms with Crippen LogP contribution in [0.2, 0.25) is 0 Å². The monoisotopic (exact) mass is 317 g/mol. The molecule has 0 bridgehead atoms. The maximum atomic E-state index is 12.0. The third-order valence-electron chi connectivity index (χ3n) is 3.16. The molecule has 0 aliphatic carbocycles. The second-order valence-corrected chi connectivity index (χ2v) is 6.09. The van der Waals surface area contributed by atoms with Gasteiger partial charge < -0.3 is 5.32 Å². The summed E-state index contributed by atoms with van der Waals surface area (Å²) in [6, 6.07) is 9.05. The van der Waals surface area contributed by atoms with Crippen LogP contribution < -0.4 is 10.9 Å². The first kappa shape index (κ1) is 16.3. The van der Waals surface area contributed by atoms with Gasteiger partial charge in [0, 0.05) is 16.6 Å². The third kappa shape index (κ3) is 4.21. The second-order valence-electron chi connectivity index (χ2n) is 5.21. The van der Waals surface area contributed by atoms with Gasteiger partial charge in [0.25, 0.3) is 5.56 Å². The van der Waals surface area contributed by atoms with Crippen molar-refractivity contribution in [2.24, 2.45) is 0 Å². The number of rotatable bonds is 5. The highest BCUT2D eigenvalue weighted by atomic mass is 32.2. The number of hydrogen-bond donors (Lipinski definition) is 1. The van der Waals surface area contributed by atoms with E-state index in [1.807, 2.05) is 44.4 Å². The fourth-order valence-electron chi connectivity index (χ4n) is 1.93. The van der Waals surface area contributed by atoms with Crippen LogP contribution in [-0.4, -0.2) is 21.7 Å². The van der Waals surface area contributed by atoms with Crippen LogP contribution in [0.15, 0.2) is 46.3 Å². The van der Waals surface area contributed by atoms with E-state index in [1.54, 1.807) is 11.8 Å². The van der Waals surface area contributed by atoms with Crippen LogP contribution in [0.25, 0.3) is 0 Å². The zero-order valence-electron chi connectivity index (χ0n) is 12.9. The van der Waals surface area contributed by atoms with Crippen LogP contribution in [0.3, 0.4) is 0 Å². The summed E-state index contributed by atoms with van der Waals surface area (Å²) in [7, 11) is 0. The summed E-state index contributed by atoms with van der Waals surface area (Å²) >= 11 is 1.60. The SMILES string of the molecule is CSc1cccc(NC(=O)Cn2cnc(C(C)C)cc2=O)c1. The molecule has 0 spiro atoms. The van der Waals surface area contributed by atoms with Gasteiger partial charge in [-0.25, -0.2) is 4.98 Å². The number of carbonyl (C=O) groups excluding carboxylic acids is 1. The van der Waals surface area contributed by atoms with Crippen molar-refractivity contribution in [2.75, 3.05) is 11.6 Å². The third-order valence-corrected chi connectivity index (χ3v) is 3.88. The summed E-state index contributed by atoms with van der Waals surface area (Å²) in [5.41, 5.74) is 1.23. The molecule has 0 unspecified atom stereocenters.